The minimum Gasteiger partial charge on any atom is -0.293 e. The summed E-state index contributed by atoms with van der Waals surface area (Å²) in [5.41, 5.74) is 0.636. The van der Waals surface area contributed by atoms with Crippen molar-refractivity contribution in [3.63, 3.8) is 0 Å². The van der Waals surface area contributed by atoms with E-state index < -0.39 is 0 Å². The Morgan fingerprint density at radius 1 is 1.08 bits per heavy atom. The third-order valence-electron chi connectivity index (χ3n) is 3.51. The SMILES string of the molecule is CCN(C(=O)c1ccc(Sc2ccccn2)cc1)c1ccc(Br)cn1. The Bertz CT molecular complexity index is 839. The van der Waals surface area contributed by atoms with E-state index in [0.29, 0.717) is 17.9 Å². The predicted octanol–water partition coefficient (Wildman–Crippen LogP) is 5.06. The van der Waals surface area contributed by atoms with Crippen LogP contribution in [0.4, 0.5) is 5.82 Å². The number of nitrogens with zero attached hydrogens (tertiary/aromatic N) is 3. The van der Waals surface area contributed by atoms with Gasteiger partial charge in [0.05, 0.1) is 0 Å². The van der Waals surface area contributed by atoms with Crippen LogP contribution in [0.2, 0.25) is 0 Å². The Kier molecular flexibility index (Phi) is 5.83. The molecule has 0 N–H and O–H groups in total. The van der Waals surface area contributed by atoms with E-state index in [2.05, 4.69) is 25.9 Å². The maximum atomic E-state index is 12.8. The third-order valence-corrected chi connectivity index (χ3v) is 4.94. The molecule has 6 heteroatoms. The predicted molar refractivity (Wildman–Crippen MR) is 104 cm³/mol. The van der Waals surface area contributed by atoms with Crippen LogP contribution in [0.15, 0.2) is 81.4 Å². The lowest BCUT2D eigenvalue weighted by atomic mass is 10.2. The van der Waals surface area contributed by atoms with E-state index in [1.807, 2.05) is 61.5 Å². The van der Waals surface area contributed by atoms with Crippen molar-refractivity contribution >= 4 is 39.4 Å². The van der Waals surface area contributed by atoms with Gasteiger partial charge in [-0.3, -0.25) is 9.69 Å². The molecule has 1 amide bonds. The summed E-state index contributed by atoms with van der Waals surface area (Å²) in [6, 6.07) is 17.1. The number of rotatable bonds is 5. The largest absolute Gasteiger partial charge is 0.293 e. The molecule has 0 aliphatic heterocycles. The molecule has 0 radical (unpaired) electrons. The topological polar surface area (TPSA) is 46.1 Å². The minimum absolute atomic E-state index is 0.0632. The fourth-order valence-electron chi connectivity index (χ4n) is 2.29. The van der Waals surface area contributed by atoms with Crippen LogP contribution in [0.1, 0.15) is 17.3 Å². The molecule has 25 heavy (non-hydrogen) atoms. The second kappa shape index (κ2) is 8.27. The van der Waals surface area contributed by atoms with Crippen LogP contribution in [0.25, 0.3) is 0 Å². The van der Waals surface area contributed by atoms with E-state index in [1.165, 1.54) is 0 Å². The van der Waals surface area contributed by atoms with Crippen LogP contribution < -0.4 is 4.90 Å². The van der Waals surface area contributed by atoms with Crippen molar-refractivity contribution in [2.45, 2.75) is 16.8 Å². The van der Waals surface area contributed by atoms with Crippen LogP contribution >= 0.6 is 27.7 Å². The van der Waals surface area contributed by atoms with E-state index in [0.717, 1.165) is 14.4 Å². The van der Waals surface area contributed by atoms with Gasteiger partial charge in [0.15, 0.2) is 0 Å². The molecule has 0 bridgehead atoms. The minimum atomic E-state index is -0.0632. The average Bonchev–Trinajstić information content (AvgIpc) is 2.65. The highest BCUT2D eigenvalue weighted by atomic mass is 79.9. The molecule has 0 spiro atoms. The molecule has 2 aromatic heterocycles. The number of amides is 1. The normalized spacial score (nSPS) is 10.5. The van der Waals surface area contributed by atoms with Crippen molar-refractivity contribution in [3.8, 4) is 0 Å². The molecule has 0 unspecified atom stereocenters. The van der Waals surface area contributed by atoms with Crippen molar-refractivity contribution in [3.05, 3.63) is 77.0 Å². The van der Waals surface area contributed by atoms with E-state index in [9.17, 15) is 4.79 Å². The van der Waals surface area contributed by atoms with E-state index >= 15 is 0 Å². The highest BCUT2D eigenvalue weighted by Crippen LogP contribution is 2.26. The second-order valence-electron chi connectivity index (χ2n) is 5.18. The van der Waals surface area contributed by atoms with E-state index in [-0.39, 0.29) is 5.91 Å². The number of pyridine rings is 2. The third kappa shape index (κ3) is 4.46. The van der Waals surface area contributed by atoms with Gasteiger partial charge in [-0.25, -0.2) is 9.97 Å². The quantitative estimate of drug-likeness (QED) is 0.586. The van der Waals surface area contributed by atoms with Crippen molar-refractivity contribution in [1.82, 2.24) is 9.97 Å². The summed E-state index contributed by atoms with van der Waals surface area (Å²) in [4.78, 5) is 24.1. The fraction of sp³-hybridized carbons (Fsp3) is 0.105. The van der Waals surface area contributed by atoms with Crippen molar-refractivity contribution in [2.75, 3.05) is 11.4 Å². The zero-order chi connectivity index (χ0) is 17.6. The van der Waals surface area contributed by atoms with Gasteiger partial charge in [0, 0.05) is 33.9 Å². The van der Waals surface area contributed by atoms with Gasteiger partial charge in [0.2, 0.25) is 0 Å². The summed E-state index contributed by atoms with van der Waals surface area (Å²) in [5, 5.41) is 0.927. The zero-order valence-corrected chi connectivity index (χ0v) is 16.0. The smallest absolute Gasteiger partial charge is 0.259 e. The molecule has 0 fully saturated rings. The monoisotopic (exact) mass is 413 g/mol. The van der Waals surface area contributed by atoms with E-state index in [4.69, 9.17) is 0 Å². The molecule has 3 aromatic rings. The summed E-state index contributed by atoms with van der Waals surface area (Å²) >= 11 is 4.93. The molecule has 0 aliphatic carbocycles. The van der Waals surface area contributed by atoms with Crippen molar-refractivity contribution in [2.24, 2.45) is 0 Å². The summed E-state index contributed by atoms with van der Waals surface area (Å²) in [6.07, 6.45) is 3.46. The first-order chi connectivity index (χ1) is 12.2. The van der Waals surface area contributed by atoms with Crippen molar-refractivity contribution in [1.29, 1.82) is 0 Å². The Labute approximate surface area is 159 Å². The van der Waals surface area contributed by atoms with Gasteiger partial charge in [-0.15, -0.1) is 0 Å². The number of hydrogen-bond acceptors (Lipinski definition) is 4. The number of halogens is 1. The fourth-order valence-corrected chi connectivity index (χ4v) is 3.30. The van der Waals surface area contributed by atoms with Crippen LogP contribution in [0.3, 0.4) is 0 Å². The highest BCUT2D eigenvalue weighted by molar-refractivity contribution is 9.10. The first-order valence-electron chi connectivity index (χ1n) is 7.79. The maximum absolute atomic E-state index is 12.8. The van der Waals surface area contributed by atoms with Gasteiger partial charge in [-0.1, -0.05) is 17.8 Å². The number of carbonyl (C=O) groups is 1. The second-order valence-corrected chi connectivity index (χ2v) is 7.19. The Morgan fingerprint density at radius 2 is 1.88 bits per heavy atom. The molecular weight excluding hydrogens is 398 g/mol. The van der Waals surface area contributed by atoms with Crippen LogP contribution in [0.5, 0.6) is 0 Å². The van der Waals surface area contributed by atoms with Crippen LogP contribution in [-0.4, -0.2) is 22.4 Å². The first-order valence-corrected chi connectivity index (χ1v) is 9.40. The highest BCUT2D eigenvalue weighted by Gasteiger charge is 2.17. The molecule has 126 valence electrons. The van der Waals surface area contributed by atoms with E-state index in [1.54, 1.807) is 29.1 Å². The molecule has 2 heterocycles. The van der Waals surface area contributed by atoms with Gasteiger partial charge in [-0.05, 0) is 71.4 Å². The summed E-state index contributed by atoms with van der Waals surface area (Å²) in [5.74, 6) is 0.578. The molecule has 0 saturated heterocycles. The van der Waals surface area contributed by atoms with Crippen LogP contribution in [-0.2, 0) is 0 Å². The van der Waals surface area contributed by atoms with Gasteiger partial charge in [0.25, 0.3) is 5.91 Å². The summed E-state index contributed by atoms with van der Waals surface area (Å²) < 4.78 is 0.885. The van der Waals surface area contributed by atoms with Gasteiger partial charge >= 0.3 is 0 Å². The number of benzene rings is 1. The van der Waals surface area contributed by atoms with Gasteiger partial charge in [0.1, 0.15) is 10.8 Å². The first kappa shape index (κ1) is 17.6. The Hall–Kier alpha value is -2.18. The summed E-state index contributed by atoms with van der Waals surface area (Å²) in [7, 11) is 0. The molecule has 1 aromatic carbocycles. The molecule has 4 nitrogen and oxygen atoms in total. The number of hydrogen-bond donors (Lipinski definition) is 0. The molecule has 0 saturated carbocycles. The number of anilines is 1. The van der Waals surface area contributed by atoms with Gasteiger partial charge in [-0.2, -0.15) is 0 Å². The summed E-state index contributed by atoms with van der Waals surface area (Å²) in [6.45, 7) is 2.49. The maximum Gasteiger partial charge on any atom is 0.259 e. The Balaban J connectivity index is 1.76. The average molecular weight is 414 g/mol. The molecular formula is C19H16BrN3OS. The lowest BCUT2D eigenvalue weighted by molar-refractivity contribution is 0.0987. The lowest BCUT2D eigenvalue weighted by Crippen LogP contribution is -2.31. The molecule has 3 rings (SSSR count). The zero-order valence-electron chi connectivity index (χ0n) is 13.6. The number of aromatic nitrogens is 2. The number of carbonyl (C=O) groups excluding carboxylic acids is 1. The van der Waals surface area contributed by atoms with Crippen molar-refractivity contribution < 1.29 is 4.79 Å². The van der Waals surface area contributed by atoms with Crippen LogP contribution in [0, 0.1) is 0 Å². The van der Waals surface area contributed by atoms with Gasteiger partial charge < -0.3 is 0 Å². The molecule has 0 atom stereocenters. The Morgan fingerprint density at radius 3 is 2.48 bits per heavy atom. The molecule has 0 aliphatic rings. The standard InChI is InChI=1S/C19H16BrN3OS/c1-2-23(17-11-8-15(20)13-22-17)19(24)14-6-9-16(10-7-14)25-18-5-3-4-12-21-18/h3-13H,2H2,1H3. The lowest BCUT2D eigenvalue weighted by Gasteiger charge is -2.20.